The molecule has 190 valence electrons. The van der Waals surface area contributed by atoms with E-state index in [0.717, 1.165) is 18.5 Å². The Kier molecular flexibility index (Phi) is 12.4. The van der Waals surface area contributed by atoms with Crippen LogP contribution in [0.2, 0.25) is 0 Å². The Morgan fingerprint density at radius 3 is 2.36 bits per heavy atom. The minimum absolute atomic E-state index is 0.0225. The summed E-state index contributed by atoms with van der Waals surface area (Å²) in [5.74, 6) is -0.0731. The van der Waals surface area contributed by atoms with E-state index in [2.05, 4.69) is 19.2 Å². The van der Waals surface area contributed by atoms with Crippen molar-refractivity contribution >= 4 is 16.3 Å². The Morgan fingerprint density at radius 2 is 1.85 bits per heavy atom. The molecule has 0 bridgehead atoms. The molecular formula is C24H43N3O5S. The molecule has 1 rings (SSSR count). The maximum atomic E-state index is 13.2. The Hall–Kier alpha value is -1.68. The zero-order valence-electron chi connectivity index (χ0n) is 20.8. The lowest BCUT2D eigenvalue weighted by Gasteiger charge is -2.43. The van der Waals surface area contributed by atoms with E-state index in [1.807, 2.05) is 26.0 Å². The van der Waals surface area contributed by atoms with Crippen LogP contribution in [-0.4, -0.2) is 55.0 Å². The average Bonchev–Trinajstić information content (AvgIpc) is 2.75. The molecule has 0 fully saturated rings. The Balaban J connectivity index is 3.24. The molecule has 0 amide bonds. The number of hydrogen-bond acceptors (Lipinski definition) is 7. The number of nitrogens with two attached hydrogens (primary N) is 1. The quantitative estimate of drug-likeness (QED) is 0.307. The number of phenolic OH excluding ortho intramolecular Hbond substituents is 1. The monoisotopic (exact) mass is 485 g/mol. The summed E-state index contributed by atoms with van der Waals surface area (Å²) in [6, 6.07) is 6.51. The van der Waals surface area contributed by atoms with E-state index in [-0.39, 0.29) is 24.8 Å². The molecule has 0 heterocycles. The molecule has 0 aromatic heterocycles. The van der Waals surface area contributed by atoms with E-state index in [1.54, 1.807) is 19.1 Å². The molecule has 8 nitrogen and oxygen atoms in total. The summed E-state index contributed by atoms with van der Waals surface area (Å²) >= 11 is 0. The zero-order valence-corrected chi connectivity index (χ0v) is 21.7. The molecular weight excluding hydrogens is 442 g/mol. The third kappa shape index (κ3) is 9.60. The standard InChI is InChI=1S/C24H43N3O5S/c1-6-15-27(33(30,31)32-23(29)7-2)24(8-3,18-26-14-13-19(4)5)17-21(25)16-20-9-11-22(28)12-10-20/h9-12,19,21,26,28H,6-8,13-18,25H2,1-5H3. The molecule has 1 aromatic carbocycles. The maximum Gasteiger partial charge on any atom is 0.388 e. The predicted molar refractivity (Wildman–Crippen MR) is 132 cm³/mol. The molecule has 0 aliphatic rings. The van der Waals surface area contributed by atoms with Crippen molar-refractivity contribution in [2.24, 2.45) is 11.7 Å². The van der Waals surface area contributed by atoms with Crippen LogP contribution >= 0.6 is 0 Å². The number of nitrogens with zero attached hydrogens (tertiary/aromatic N) is 1. The lowest BCUT2D eigenvalue weighted by atomic mass is 9.85. The minimum atomic E-state index is -4.29. The van der Waals surface area contributed by atoms with E-state index >= 15 is 0 Å². The molecule has 0 aliphatic heterocycles. The van der Waals surface area contributed by atoms with Gasteiger partial charge in [-0.05, 0) is 62.3 Å². The normalized spacial score (nSPS) is 14.9. The van der Waals surface area contributed by atoms with Crippen molar-refractivity contribution < 1.29 is 22.5 Å². The van der Waals surface area contributed by atoms with E-state index in [1.165, 1.54) is 4.31 Å². The van der Waals surface area contributed by atoms with Crippen LogP contribution in [0, 0.1) is 5.92 Å². The van der Waals surface area contributed by atoms with Crippen molar-refractivity contribution in [2.45, 2.75) is 84.7 Å². The van der Waals surface area contributed by atoms with Gasteiger partial charge in [-0.3, -0.25) is 4.79 Å². The Bertz CT molecular complexity index is 814. The van der Waals surface area contributed by atoms with Crippen LogP contribution in [0.4, 0.5) is 0 Å². The Morgan fingerprint density at radius 1 is 1.21 bits per heavy atom. The second-order valence-corrected chi connectivity index (χ2v) is 10.6. The van der Waals surface area contributed by atoms with Gasteiger partial charge < -0.3 is 20.3 Å². The van der Waals surface area contributed by atoms with E-state index in [9.17, 15) is 18.3 Å². The average molecular weight is 486 g/mol. The van der Waals surface area contributed by atoms with Crippen LogP contribution in [0.5, 0.6) is 5.75 Å². The third-order valence-electron chi connectivity index (χ3n) is 5.80. The summed E-state index contributed by atoms with van der Waals surface area (Å²) in [6.07, 6.45) is 2.94. The zero-order chi connectivity index (χ0) is 25.1. The molecule has 0 radical (unpaired) electrons. The van der Waals surface area contributed by atoms with Crippen LogP contribution in [0.15, 0.2) is 24.3 Å². The van der Waals surface area contributed by atoms with Gasteiger partial charge in [0, 0.05) is 25.6 Å². The summed E-state index contributed by atoms with van der Waals surface area (Å²) in [5.41, 5.74) is 6.65. The van der Waals surface area contributed by atoms with Crippen LogP contribution in [0.25, 0.3) is 0 Å². The first-order valence-corrected chi connectivity index (χ1v) is 13.3. The van der Waals surface area contributed by atoms with Crippen molar-refractivity contribution in [3.8, 4) is 5.75 Å². The topological polar surface area (TPSA) is 122 Å². The van der Waals surface area contributed by atoms with Gasteiger partial charge in [0.1, 0.15) is 5.75 Å². The van der Waals surface area contributed by atoms with Gasteiger partial charge in [0.2, 0.25) is 0 Å². The molecule has 0 saturated carbocycles. The lowest BCUT2D eigenvalue weighted by Crippen LogP contribution is -2.60. The predicted octanol–water partition coefficient (Wildman–Crippen LogP) is 3.35. The lowest BCUT2D eigenvalue weighted by molar-refractivity contribution is -0.134. The molecule has 2 atom stereocenters. The molecule has 2 unspecified atom stereocenters. The smallest absolute Gasteiger partial charge is 0.388 e. The van der Waals surface area contributed by atoms with E-state index < -0.39 is 21.8 Å². The number of rotatable bonds is 16. The first-order chi connectivity index (χ1) is 15.5. The van der Waals surface area contributed by atoms with Crippen molar-refractivity contribution in [2.75, 3.05) is 19.6 Å². The van der Waals surface area contributed by atoms with Gasteiger partial charge in [-0.1, -0.05) is 46.8 Å². The van der Waals surface area contributed by atoms with Crippen LogP contribution in [-0.2, 0) is 25.7 Å². The first-order valence-electron chi connectivity index (χ1n) is 12.0. The number of nitrogens with one attached hydrogen (secondary N) is 1. The highest BCUT2D eigenvalue weighted by molar-refractivity contribution is 7.84. The second kappa shape index (κ2) is 13.9. The second-order valence-electron chi connectivity index (χ2n) is 9.11. The molecule has 0 saturated heterocycles. The summed E-state index contributed by atoms with van der Waals surface area (Å²) in [4.78, 5) is 11.9. The van der Waals surface area contributed by atoms with Gasteiger partial charge in [0.25, 0.3) is 0 Å². The fourth-order valence-electron chi connectivity index (χ4n) is 3.93. The number of benzene rings is 1. The van der Waals surface area contributed by atoms with Gasteiger partial charge in [-0.2, -0.15) is 12.7 Å². The summed E-state index contributed by atoms with van der Waals surface area (Å²) in [5, 5.41) is 13.0. The highest BCUT2D eigenvalue weighted by atomic mass is 32.2. The Labute approximate surface area is 200 Å². The molecule has 33 heavy (non-hydrogen) atoms. The number of aromatic hydroxyl groups is 1. The van der Waals surface area contributed by atoms with Gasteiger partial charge in [0.15, 0.2) is 0 Å². The fourth-order valence-corrected chi connectivity index (χ4v) is 5.52. The van der Waals surface area contributed by atoms with Gasteiger partial charge in [-0.15, -0.1) is 0 Å². The SMILES string of the molecule is CCCN(C(CC)(CNCCC(C)C)CC(N)Cc1ccc(O)cc1)S(=O)(=O)OC(=O)CC. The highest BCUT2D eigenvalue weighted by Gasteiger charge is 2.44. The third-order valence-corrected chi connectivity index (χ3v) is 7.31. The molecule has 4 N–H and O–H groups in total. The number of carbonyl (C=O) groups is 1. The molecule has 0 aliphatic carbocycles. The van der Waals surface area contributed by atoms with Crippen molar-refractivity contribution in [1.82, 2.24) is 9.62 Å². The summed E-state index contributed by atoms with van der Waals surface area (Å²) in [6.45, 7) is 11.1. The van der Waals surface area contributed by atoms with Crippen molar-refractivity contribution in [3.05, 3.63) is 29.8 Å². The van der Waals surface area contributed by atoms with Crippen LogP contribution in [0.3, 0.4) is 0 Å². The molecule has 9 heteroatoms. The van der Waals surface area contributed by atoms with Gasteiger partial charge in [0.05, 0.1) is 5.54 Å². The highest BCUT2D eigenvalue weighted by Crippen LogP contribution is 2.30. The maximum absolute atomic E-state index is 13.2. The molecule has 1 aromatic rings. The van der Waals surface area contributed by atoms with Crippen molar-refractivity contribution in [1.29, 1.82) is 0 Å². The van der Waals surface area contributed by atoms with E-state index in [4.69, 9.17) is 9.92 Å². The fraction of sp³-hybridized carbons (Fsp3) is 0.708. The van der Waals surface area contributed by atoms with Crippen molar-refractivity contribution in [3.63, 3.8) is 0 Å². The van der Waals surface area contributed by atoms with Crippen LogP contribution in [0.1, 0.15) is 72.3 Å². The van der Waals surface area contributed by atoms with Gasteiger partial charge >= 0.3 is 16.3 Å². The first kappa shape index (κ1) is 29.4. The number of carbonyl (C=O) groups excluding carboxylic acids is 1. The number of hydrogen-bond donors (Lipinski definition) is 3. The molecule has 0 spiro atoms. The largest absolute Gasteiger partial charge is 0.508 e. The van der Waals surface area contributed by atoms with Gasteiger partial charge in [-0.25, -0.2) is 0 Å². The summed E-state index contributed by atoms with van der Waals surface area (Å²) in [7, 11) is -4.29. The minimum Gasteiger partial charge on any atom is -0.508 e. The van der Waals surface area contributed by atoms with E-state index in [0.29, 0.717) is 38.1 Å². The number of phenols is 1. The summed E-state index contributed by atoms with van der Waals surface area (Å²) < 4.78 is 32.7. The van der Waals surface area contributed by atoms with Crippen LogP contribution < -0.4 is 11.1 Å².